The summed E-state index contributed by atoms with van der Waals surface area (Å²) in [5.74, 6) is -5.88. The van der Waals surface area contributed by atoms with Crippen LogP contribution in [0.15, 0.2) is 84.9 Å². The molecule has 57 heavy (non-hydrogen) atoms. The molecule has 16 heteroatoms. The fourth-order valence-corrected chi connectivity index (χ4v) is 6.54. The molecule has 0 radical (unpaired) electrons. The van der Waals surface area contributed by atoms with Crippen molar-refractivity contribution in [2.24, 2.45) is 11.5 Å². The molecule has 0 aliphatic carbocycles. The standard InChI is InChI=1S/C40H34N4O12.CH4/c1-21-33(37(49)39(41)51)35-25(11-7-15-29(35)53-17-31(45)46)43(21)19-55-27-13-5-3-9-23(27)24-10-4-6-14-28(24)56-20-44-22(2)34(38(50)40(42)52)36-26(44)12-8-16-30(36)54-18-32(47)48;/h3-16H,17-20H2,1-2H3,(H2,41,51)(H2,42,52)(H,45,46)(H,47,48);1H4. The Bertz CT molecular complexity index is 2410. The van der Waals surface area contributed by atoms with Crippen LogP contribution in [0.3, 0.4) is 0 Å². The van der Waals surface area contributed by atoms with E-state index in [0.717, 1.165) is 0 Å². The van der Waals surface area contributed by atoms with Crippen LogP contribution in [0.2, 0.25) is 0 Å². The largest absolute Gasteiger partial charge is 0.481 e. The molecule has 16 nitrogen and oxygen atoms in total. The fraction of sp³-hybridized carbons (Fsp3) is 0.171. The molecule has 2 aromatic heterocycles. The van der Waals surface area contributed by atoms with E-state index in [2.05, 4.69) is 0 Å². The number of nitrogens with two attached hydrogens (primary N) is 2. The summed E-state index contributed by atoms with van der Waals surface area (Å²) >= 11 is 0. The second kappa shape index (κ2) is 16.8. The van der Waals surface area contributed by atoms with Gasteiger partial charge in [0.1, 0.15) is 23.0 Å². The molecule has 4 aromatic carbocycles. The minimum absolute atomic E-state index is 0. The van der Waals surface area contributed by atoms with E-state index in [0.29, 0.717) is 45.0 Å². The molecule has 0 aliphatic rings. The van der Waals surface area contributed by atoms with Gasteiger partial charge in [0.15, 0.2) is 26.7 Å². The number of aromatic nitrogens is 2. The Kier molecular flexibility index (Phi) is 12.0. The van der Waals surface area contributed by atoms with Crippen molar-refractivity contribution in [1.29, 1.82) is 0 Å². The Morgan fingerprint density at radius 3 is 1.23 bits per heavy atom. The fourth-order valence-electron chi connectivity index (χ4n) is 6.54. The molecule has 6 rings (SSSR count). The molecule has 0 atom stereocenters. The number of hydrogen-bond acceptors (Lipinski definition) is 10. The highest BCUT2D eigenvalue weighted by Gasteiger charge is 2.28. The second-order valence-corrected chi connectivity index (χ2v) is 12.4. The van der Waals surface area contributed by atoms with Crippen molar-refractivity contribution in [2.75, 3.05) is 13.2 Å². The van der Waals surface area contributed by atoms with Gasteiger partial charge in [0.2, 0.25) is 0 Å². The van der Waals surface area contributed by atoms with Crippen LogP contribution in [0.1, 0.15) is 39.5 Å². The van der Waals surface area contributed by atoms with Crippen molar-refractivity contribution in [3.8, 4) is 34.1 Å². The van der Waals surface area contributed by atoms with Crippen molar-refractivity contribution >= 4 is 57.1 Å². The smallest absolute Gasteiger partial charge is 0.341 e. The van der Waals surface area contributed by atoms with E-state index >= 15 is 0 Å². The minimum Gasteiger partial charge on any atom is -0.481 e. The molecule has 0 saturated heterocycles. The van der Waals surface area contributed by atoms with Gasteiger partial charge in [-0.1, -0.05) is 56.0 Å². The lowest BCUT2D eigenvalue weighted by Crippen LogP contribution is -2.24. The molecule has 6 N–H and O–H groups in total. The van der Waals surface area contributed by atoms with E-state index in [-0.39, 0.29) is 54.3 Å². The van der Waals surface area contributed by atoms with Gasteiger partial charge in [-0.3, -0.25) is 19.2 Å². The Balaban J connectivity index is 0.00000620. The maximum atomic E-state index is 13.0. The highest BCUT2D eigenvalue weighted by molar-refractivity contribution is 6.45. The summed E-state index contributed by atoms with van der Waals surface area (Å²) < 4.78 is 26.9. The number of amides is 2. The molecular weight excluding hydrogens is 740 g/mol. The number of carboxylic acids is 2. The van der Waals surface area contributed by atoms with Crippen molar-refractivity contribution in [2.45, 2.75) is 34.7 Å². The summed E-state index contributed by atoms with van der Waals surface area (Å²) in [6.45, 7) is 1.52. The Hall–Kier alpha value is -7.62. The quantitative estimate of drug-likeness (QED) is 0.0718. The average molecular weight is 779 g/mol. The summed E-state index contributed by atoms with van der Waals surface area (Å²) in [7, 11) is 0. The molecule has 0 bridgehead atoms. The molecule has 0 aliphatic heterocycles. The van der Waals surface area contributed by atoms with Crippen LogP contribution < -0.4 is 30.4 Å². The first-order chi connectivity index (χ1) is 26.8. The zero-order valence-electron chi connectivity index (χ0n) is 29.9. The third-order valence-electron chi connectivity index (χ3n) is 8.99. The zero-order chi connectivity index (χ0) is 40.3. The maximum Gasteiger partial charge on any atom is 0.341 e. The Morgan fingerprint density at radius 1 is 0.526 bits per heavy atom. The van der Waals surface area contributed by atoms with Crippen molar-refractivity contribution in [3.05, 3.63) is 107 Å². The van der Waals surface area contributed by atoms with Crippen LogP contribution in [0.4, 0.5) is 0 Å². The van der Waals surface area contributed by atoms with Gasteiger partial charge >= 0.3 is 11.9 Å². The topological polar surface area (TPSA) is 242 Å². The molecule has 294 valence electrons. The van der Waals surface area contributed by atoms with E-state index < -0.39 is 48.5 Å². The van der Waals surface area contributed by atoms with Crippen molar-refractivity contribution < 1.29 is 57.9 Å². The van der Waals surface area contributed by atoms with Gasteiger partial charge in [-0.05, 0) is 50.2 Å². The van der Waals surface area contributed by atoms with Gasteiger partial charge in [0.25, 0.3) is 23.4 Å². The minimum atomic E-state index is -1.23. The van der Waals surface area contributed by atoms with Crippen LogP contribution in [0.5, 0.6) is 23.0 Å². The highest BCUT2D eigenvalue weighted by Crippen LogP contribution is 2.39. The number of fused-ring (bicyclic) bond motifs is 2. The number of aliphatic carboxylic acids is 2. The second-order valence-electron chi connectivity index (χ2n) is 12.4. The zero-order valence-corrected chi connectivity index (χ0v) is 29.9. The summed E-state index contributed by atoms with van der Waals surface area (Å²) in [6.07, 6.45) is 0. The number of nitrogens with zero attached hydrogens (tertiary/aromatic N) is 2. The van der Waals surface area contributed by atoms with E-state index in [9.17, 15) is 39.0 Å². The van der Waals surface area contributed by atoms with E-state index in [1.54, 1.807) is 83.6 Å². The summed E-state index contributed by atoms with van der Waals surface area (Å²) in [5.41, 5.74) is 13.4. The number of carboxylic acid groups (broad SMARTS) is 2. The molecular formula is C41H38N4O12. The Labute approximate surface area is 324 Å². The summed E-state index contributed by atoms with van der Waals surface area (Å²) in [6, 6.07) is 23.7. The first-order valence-corrected chi connectivity index (χ1v) is 16.8. The highest BCUT2D eigenvalue weighted by atomic mass is 16.5. The van der Waals surface area contributed by atoms with Crippen LogP contribution >= 0.6 is 0 Å². The molecule has 2 amide bonds. The number of benzene rings is 4. The monoisotopic (exact) mass is 778 g/mol. The molecule has 0 fully saturated rings. The van der Waals surface area contributed by atoms with Crippen LogP contribution in [-0.2, 0) is 32.6 Å². The number of ketones is 2. The lowest BCUT2D eigenvalue weighted by molar-refractivity contribution is -0.140. The number of primary amides is 2. The van der Waals surface area contributed by atoms with Gasteiger partial charge < -0.3 is 49.8 Å². The van der Waals surface area contributed by atoms with Crippen LogP contribution in [0, 0.1) is 13.8 Å². The molecule has 6 aromatic rings. The van der Waals surface area contributed by atoms with Crippen LogP contribution in [-0.4, -0.2) is 67.9 Å². The molecule has 0 saturated carbocycles. The molecule has 2 heterocycles. The normalized spacial score (nSPS) is 10.8. The first kappa shape index (κ1) is 40.6. The van der Waals surface area contributed by atoms with Crippen LogP contribution in [0.25, 0.3) is 32.9 Å². The summed E-state index contributed by atoms with van der Waals surface area (Å²) in [5, 5.41) is 18.8. The maximum absolute atomic E-state index is 13.0. The predicted molar refractivity (Wildman–Crippen MR) is 207 cm³/mol. The Morgan fingerprint density at radius 2 is 0.877 bits per heavy atom. The van der Waals surface area contributed by atoms with Gasteiger partial charge in [0.05, 0.1) is 32.9 Å². The lowest BCUT2D eigenvalue weighted by atomic mass is 10.0. The van der Waals surface area contributed by atoms with Gasteiger partial charge in [-0.15, -0.1) is 0 Å². The van der Waals surface area contributed by atoms with Gasteiger partial charge in [-0.2, -0.15) is 0 Å². The SMILES string of the molecule is C.Cc1c(C(=O)C(N)=O)c2c(OCC(=O)O)cccc2n1COc1ccccc1-c1ccccc1OCn1c(C)c(C(=O)C(N)=O)c2c(OCC(=O)O)cccc21. The number of para-hydroxylation sites is 2. The third kappa shape index (κ3) is 7.95. The van der Waals surface area contributed by atoms with E-state index in [1.807, 2.05) is 12.1 Å². The first-order valence-electron chi connectivity index (χ1n) is 16.8. The van der Waals surface area contributed by atoms with E-state index in [4.69, 9.17) is 30.4 Å². The molecule has 0 spiro atoms. The molecule has 0 unspecified atom stereocenters. The number of ether oxygens (including phenoxy) is 4. The number of Topliss-reactive ketones (excluding diaryl/α,β-unsaturated/α-hetero) is 2. The van der Waals surface area contributed by atoms with Gasteiger partial charge in [0, 0.05) is 22.5 Å². The average Bonchev–Trinajstić information content (AvgIpc) is 3.63. The number of carbonyl (C=O) groups is 6. The third-order valence-corrected chi connectivity index (χ3v) is 8.99. The van der Waals surface area contributed by atoms with Crippen molar-refractivity contribution in [3.63, 3.8) is 0 Å². The predicted octanol–water partition coefficient (Wildman–Crippen LogP) is 4.85. The van der Waals surface area contributed by atoms with Crippen molar-refractivity contribution in [1.82, 2.24) is 9.13 Å². The lowest BCUT2D eigenvalue weighted by Gasteiger charge is -2.18. The number of carbonyl (C=O) groups excluding carboxylic acids is 4. The number of rotatable bonds is 17. The van der Waals surface area contributed by atoms with Gasteiger partial charge in [-0.25, -0.2) is 9.59 Å². The van der Waals surface area contributed by atoms with E-state index in [1.165, 1.54) is 12.1 Å². The summed E-state index contributed by atoms with van der Waals surface area (Å²) in [4.78, 5) is 72.8. The number of hydrogen-bond donors (Lipinski definition) is 4.